The van der Waals surface area contributed by atoms with E-state index in [1.54, 1.807) is 22.4 Å². The van der Waals surface area contributed by atoms with E-state index in [-0.39, 0.29) is 17.8 Å². The van der Waals surface area contributed by atoms with E-state index >= 15 is 0 Å². The molecule has 0 amide bonds. The summed E-state index contributed by atoms with van der Waals surface area (Å²) in [6, 6.07) is 9.69. The largest absolute Gasteiger partial charge is 0.481 e. The number of carbonyl (C=O) groups excluding carboxylic acids is 1. The maximum Gasteiger partial charge on any atom is 0.311 e. The minimum atomic E-state index is -0.734. The number of esters is 1. The van der Waals surface area contributed by atoms with Crippen LogP contribution in [0.4, 0.5) is 0 Å². The summed E-state index contributed by atoms with van der Waals surface area (Å²) in [6.45, 7) is 2.54. The SMILES string of the molecule is O=C(O)C1CCOC1.O=C(OCc1ccccc1)C1CCOC1.[B]I. The Morgan fingerprint density at radius 1 is 1.08 bits per heavy atom. The molecule has 0 aliphatic carbocycles. The topological polar surface area (TPSA) is 82.1 Å². The zero-order chi connectivity index (χ0) is 18.5. The second-order valence-corrected chi connectivity index (χ2v) is 5.55. The standard InChI is InChI=1S/C12H14O3.C5H8O3.BI/c13-12(11-6-7-14-9-11)15-8-10-4-2-1-3-5-10;6-5(7)4-1-2-8-3-4;1-2/h1-5,11H,6-9H2;4H,1-3H2,(H,6,7);. The molecule has 136 valence electrons. The van der Waals surface area contributed by atoms with Crippen LogP contribution in [-0.2, 0) is 30.4 Å². The Hall–Kier alpha value is -1.13. The first-order valence-electron chi connectivity index (χ1n) is 7.97. The summed E-state index contributed by atoms with van der Waals surface area (Å²) in [5, 5.41) is 8.33. The van der Waals surface area contributed by atoms with Crippen molar-refractivity contribution in [3.63, 3.8) is 0 Å². The van der Waals surface area contributed by atoms with Crippen LogP contribution in [0.5, 0.6) is 0 Å². The van der Waals surface area contributed by atoms with Crippen LogP contribution in [0.2, 0.25) is 0 Å². The van der Waals surface area contributed by atoms with Crippen LogP contribution in [0, 0.1) is 11.8 Å². The van der Waals surface area contributed by atoms with Crippen LogP contribution in [-0.4, -0.2) is 49.2 Å². The summed E-state index contributed by atoms with van der Waals surface area (Å²) in [5.74, 6) is -1.18. The molecule has 1 N–H and O–H groups in total. The predicted octanol–water partition coefficient (Wildman–Crippen LogP) is 2.38. The molecule has 25 heavy (non-hydrogen) atoms. The number of carboxylic acid groups (broad SMARTS) is 1. The molecule has 0 saturated carbocycles. The van der Waals surface area contributed by atoms with Gasteiger partial charge in [-0.05, 0) is 18.4 Å². The first-order valence-corrected chi connectivity index (χ1v) is 9.22. The molecule has 2 fully saturated rings. The van der Waals surface area contributed by atoms with Gasteiger partial charge in [0.05, 0.1) is 25.0 Å². The van der Waals surface area contributed by atoms with Crippen LogP contribution in [0.1, 0.15) is 18.4 Å². The lowest BCUT2D eigenvalue weighted by atomic mass is 10.1. The Balaban J connectivity index is 0.000000264. The van der Waals surface area contributed by atoms with Crippen molar-refractivity contribution < 1.29 is 28.9 Å². The molecular formula is C17H22BIO6. The molecule has 1 aromatic carbocycles. The van der Waals surface area contributed by atoms with E-state index in [0.29, 0.717) is 39.5 Å². The van der Waals surface area contributed by atoms with E-state index in [9.17, 15) is 9.59 Å². The van der Waals surface area contributed by atoms with Gasteiger partial charge < -0.3 is 19.3 Å². The highest BCUT2D eigenvalue weighted by molar-refractivity contribution is 14.1. The number of halogens is 1. The van der Waals surface area contributed by atoms with E-state index in [4.69, 9.17) is 19.3 Å². The highest BCUT2D eigenvalue weighted by atomic mass is 127. The Morgan fingerprint density at radius 2 is 1.64 bits per heavy atom. The fourth-order valence-electron chi connectivity index (χ4n) is 2.30. The number of benzene rings is 1. The molecule has 0 bridgehead atoms. The Morgan fingerprint density at radius 3 is 2.08 bits per heavy atom. The summed E-state index contributed by atoms with van der Waals surface area (Å²) < 4.78 is 15.2. The van der Waals surface area contributed by atoms with Crippen LogP contribution < -0.4 is 0 Å². The van der Waals surface area contributed by atoms with Crippen LogP contribution in [0.25, 0.3) is 0 Å². The lowest BCUT2D eigenvalue weighted by Crippen LogP contribution is -2.17. The smallest absolute Gasteiger partial charge is 0.311 e. The van der Waals surface area contributed by atoms with Gasteiger partial charge in [0.15, 0.2) is 5.70 Å². The van der Waals surface area contributed by atoms with Gasteiger partial charge in [0.25, 0.3) is 0 Å². The molecule has 2 saturated heterocycles. The molecule has 2 aliphatic heterocycles. The number of rotatable bonds is 4. The third-order valence-corrected chi connectivity index (χ3v) is 3.77. The monoisotopic (exact) mass is 460 g/mol. The number of aliphatic carboxylic acids is 1. The zero-order valence-corrected chi connectivity index (χ0v) is 16.1. The second-order valence-electron chi connectivity index (χ2n) is 5.55. The average molecular weight is 460 g/mol. The highest BCUT2D eigenvalue weighted by Gasteiger charge is 2.24. The van der Waals surface area contributed by atoms with Crippen LogP contribution in [0.15, 0.2) is 30.3 Å². The van der Waals surface area contributed by atoms with Crippen molar-refractivity contribution >= 4 is 40.0 Å². The molecule has 2 heterocycles. The van der Waals surface area contributed by atoms with Gasteiger partial charge in [0.2, 0.25) is 0 Å². The molecule has 3 rings (SSSR count). The van der Waals surface area contributed by atoms with Gasteiger partial charge >= 0.3 is 11.9 Å². The fraction of sp³-hybridized carbons (Fsp3) is 0.529. The molecule has 2 aliphatic rings. The fourth-order valence-corrected chi connectivity index (χ4v) is 2.30. The number of ether oxygens (including phenoxy) is 3. The van der Waals surface area contributed by atoms with E-state index in [1.807, 2.05) is 30.3 Å². The number of carboxylic acids is 1. The van der Waals surface area contributed by atoms with Crippen molar-refractivity contribution in [3.8, 4) is 0 Å². The maximum atomic E-state index is 11.5. The van der Waals surface area contributed by atoms with E-state index in [0.717, 1.165) is 12.0 Å². The maximum absolute atomic E-state index is 11.5. The van der Waals surface area contributed by atoms with Gasteiger partial charge in [-0.2, -0.15) is 22.4 Å². The normalized spacial score (nSPS) is 21.3. The second kappa shape index (κ2) is 13.1. The van der Waals surface area contributed by atoms with Crippen molar-refractivity contribution in [1.82, 2.24) is 0 Å². The summed E-state index contributed by atoms with van der Waals surface area (Å²) in [5.41, 5.74) is 5.49. The lowest BCUT2D eigenvalue weighted by Gasteiger charge is -2.08. The summed E-state index contributed by atoms with van der Waals surface area (Å²) >= 11 is 1.65. The van der Waals surface area contributed by atoms with Crippen molar-refractivity contribution in [1.29, 1.82) is 0 Å². The third kappa shape index (κ3) is 8.69. The number of hydrogen-bond donors (Lipinski definition) is 1. The quantitative estimate of drug-likeness (QED) is 0.423. The lowest BCUT2D eigenvalue weighted by molar-refractivity contribution is -0.149. The Bertz CT molecular complexity index is 501. The molecule has 2 atom stereocenters. The van der Waals surface area contributed by atoms with Crippen molar-refractivity contribution in [3.05, 3.63) is 35.9 Å². The Labute approximate surface area is 162 Å². The minimum absolute atomic E-state index is 0.0614. The molecule has 8 heteroatoms. The predicted molar refractivity (Wildman–Crippen MR) is 101 cm³/mol. The van der Waals surface area contributed by atoms with Crippen molar-refractivity contribution in [2.24, 2.45) is 11.8 Å². The molecule has 2 radical (unpaired) electrons. The number of hydrogen-bond acceptors (Lipinski definition) is 5. The van der Waals surface area contributed by atoms with Gasteiger partial charge in [-0.3, -0.25) is 9.59 Å². The molecular weight excluding hydrogens is 438 g/mol. The first kappa shape index (κ1) is 21.9. The van der Waals surface area contributed by atoms with Gasteiger partial charge in [-0.1, -0.05) is 30.3 Å². The number of carbonyl (C=O) groups is 2. The summed E-state index contributed by atoms with van der Waals surface area (Å²) in [7, 11) is 0. The molecule has 2 unspecified atom stereocenters. The van der Waals surface area contributed by atoms with Gasteiger partial charge in [-0.15, -0.1) is 0 Å². The zero-order valence-electron chi connectivity index (χ0n) is 13.9. The van der Waals surface area contributed by atoms with E-state index in [1.165, 1.54) is 0 Å². The molecule has 0 aromatic heterocycles. The average Bonchev–Trinajstić information content (AvgIpc) is 3.36. The molecule has 0 spiro atoms. The van der Waals surface area contributed by atoms with E-state index < -0.39 is 5.97 Å². The van der Waals surface area contributed by atoms with E-state index in [2.05, 4.69) is 5.70 Å². The van der Waals surface area contributed by atoms with Gasteiger partial charge in [0, 0.05) is 13.2 Å². The van der Waals surface area contributed by atoms with Gasteiger partial charge in [0.1, 0.15) is 6.61 Å². The van der Waals surface area contributed by atoms with Gasteiger partial charge in [-0.25, -0.2) is 0 Å². The molecule has 6 nitrogen and oxygen atoms in total. The summed E-state index contributed by atoms with van der Waals surface area (Å²) in [6.07, 6.45) is 1.46. The molecule has 1 aromatic rings. The van der Waals surface area contributed by atoms with Crippen LogP contribution >= 0.6 is 22.4 Å². The van der Waals surface area contributed by atoms with Crippen molar-refractivity contribution in [2.45, 2.75) is 19.4 Å². The van der Waals surface area contributed by atoms with Crippen LogP contribution in [0.3, 0.4) is 0 Å². The first-order chi connectivity index (χ1) is 12.2. The minimum Gasteiger partial charge on any atom is -0.481 e. The highest BCUT2D eigenvalue weighted by Crippen LogP contribution is 2.15. The summed E-state index contributed by atoms with van der Waals surface area (Å²) in [4.78, 5) is 21.6. The van der Waals surface area contributed by atoms with Crippen molar-refractivity contribution in [2.75, 3.05) is 26.4 Å². The Kier molecular flexibility index (Phi) is 11.5. The third-order valence-electron chi connectivity index (χ3n) is 3.77.